The molecule has 0 bridgehead atoms. The summed E-state index contributed by atoms with van der Waals surface area (Å²) in [4.78, 5) is 25.2. The summed E-state index contributed by atoms with van der Waals surface area (Å²) in [7, 11) is 1.58. The first-order valence-electron chi connectivity index (χ1n) is 11.9. The van der Waals surface area contributed by atoms with Gasteiger partial charge in [0.1, 0.15) is 24.8 Å². The van der Waals surface area contributed by atoms with Crippen LogP contribution in [0.1, 0.15) is 0 Å². The van der Waals surface area contributed by atoms with E-state index in [1.54, 1.807) is 36.4 Å². The zero-order chi connectivity index (χ0) is 24.6. The van der Waals surface area contributed by atoms with E-state index in [1.165, 1.54) is 0 Å². The Morgan fingerprint density at radius 3 is 2.83 bits per heavy atom. The number of amides is 1. The van der Waals surface area contributed by atoms with Crippen LogP contribution in [0, 0.1) is 0 Å². The molecule has 0 aliphatic carbocycles. The molecule has 0 radical (unpaired) electrons. The lowest BCUT2D eigenvalue weighted by atomic mass is 10.2. The van der Waals surface area contributed by atoms with Gasteiger partial charge in [-0.2, -0.15) is 0 Å². The van der Waals surface area contributed by atoms with Crippen molar-refractivity contribution < 1.29 is 28.8 Å². The second kappa shape index (κ2) is 9.32. The van der Waals surface area contributed by atoms with Crippen LogP contribution >= 0.6 is 0 Å². The average Bonchev–Trinajstić information content (AvgIpc) is 3.47. The summed E-state index contributed by atoms with van der Waals surface area (Å²) in [6.07, 6.45) is 0.392. The summed E-state index contributed by atoms with van der Waals surface area (Å²) in [5.41, 5.74) is 3.08. The number of pyridine rings is 2. The summed E-state index contributed by atoms with van der Waals surface area (Å²) >= 11 is 0. The van der Waals surface area contributed by atoms with Gasteiger partial charge in [-0.05, 0) is 24.3 Å². The Kier molecular flexibility index (Phi) is 5.86. The van der Waals surface area contributed by atoms with Gasteiger partial charge in [0.05, 0.1) is 42.7 Å². The number of benzene rings is 1. The van der Waals surface area contributed by atoms with Crippen LogP contribution in [0.15, 0.2) is 42.6 Å². The van der Waals surface area contributed by atoms with E-state index in [1.807, 2.05) is 18.2 Å². The number of carbonyl (C=O) groups is 1. The van der Waals surface area contributed by atoms with Gasteiger partial charge in [-0.3, -0.25) is 9.88 Å². The standard InChI is InChI=1S/C25H27N5O6/c1-33-23-5-3-17-24(28-23)19(6-7-26-17)29-13-18(20(31)14-29)27-11-16-12-30(25(32)36-16)15-2-4-21-22(10-15)35-9-8-34-21/h2-7,10,16,18,20,27,31H,8-9,11-14H2,1H3/t16?,18-,20-/m0/s1. The lowest BCUT2D eigenvalue weighted by Gasteiger charge is -2.21. The number of fused-ring (bicyclic) bond motifs is 2. The fraction of sp³-hybridized carbons (Fsp3) is 0.400. The van der Waals surface area contributed by atoms with E-state index in [4.69, 9.17) is 18.9 Å². The first kappa shape index (κ1) is 22.6. The van der Waals surface area contributed by atoms with E-state index in [2.05, 4.69) is 20.2 Å². The number of aliphatic hydroxyl groups excluding tert-OH is 1. The maximum Gasteiger partial charge on any atom is 0.414 e. The Hall–Kier alpha value is -3.83. The number of hydrogen-bond acceptors (Lipinski definition) is 10. The van der Waals surface area contributed by atoms with Crippen molar-refractivity contribution in [3.63, 3.8) is 0 Å². The first-order chi connectivity index (χ1) is 17.6. The molecule has 3 aliphatic rings. The molecular formula is C25H27N5O6. The lowest BCUT2D eigenvalue weighted by Crippen LogP contribution is -2.43. The molecule has 3 atom stereocenters. The number of aromatic nitrogens is 2. The molecule has 1 unspecified atom stereocenters. The second-order valence-corrected chi connectivity index (χ2v) is 8.98. The monoisotopic (exact) mass is 493 g/mol. The molecule has 3 aliphatic heterocycles. The molecule has 2 fully saturated rings. The SMILES string of the molecule is COc1ccc2nccc(N3C[C@H](NCC4CN(c5ccc6c(c5)OCCO6)C(=O)O4)[C@@H](O)C3)c2n1. The molecule has 2 N–H and O–H groups in total. The van der Waals surface area contributed by atoms with Crippen LogP contribution in [-0.2, 0) is 4.74 Å². The maximum atomic E-state index is 12.6. The molecule has 0 saturated carbocycles. The van der Waals surface area contributed by atoms with Gasteiger partial charge in [0.2, 0.25) is 5.88 Å². The average molecular weight is 494 g/mol. The predicted molar refractivity (Wildman–Crippen MR) is 131 cm³/mol. The molecule has 6 rings (SSSR count). The Balaban J connectivity index is 1.10. The minimum atomic E-state index is -0.593. The third kappa shape index (κ3) is 4.20. The highest BCUT2D eigenvalue weighted by atomic mass is 16.6. The van der Waals surface area contributed by atoms with Crippen LogP contribution in [0.3, 0.4) is 0 Å². The van der Waals surface area contributed by atoms with E-state index in [9.17, 15) is 9.90 Å². The smallest absolute Gasteiger partial charge is 0.414 e. The fourth-order valence-corrected chi connectivity index (χ4v) is 4.87. The number of methoxy groups -OCH3 is 1. The van der Waals surface area contributed by atoms with Crippen LogP contribution in [0.25, 0.3) is 11.0 Å². The number of nitrogens with zero attached hydrogens (tertiary/aromatic N) is 4. The topological polar surface area (TPSA) is 119 Å². The summed E-state index contributed by atoms with van der Waals surface area (Å²) in [5.74, 6) is 1.81. The number of β-amino-alcohol motifs (C(OH)–C–C–N with tert-alkyl or cyclic N) is 1. The highest BCUT2D eigenvalue weighted by Crippen LogP contribution is 2.35. The van der Waals surface area contributed by atoms with Crippen molar-refractivity contribution in [2.45, 2.75) is 18.2 Å². The molecule has 11 heteroatoms. The van der Waals surface area contributed by atoms with Crippen LogP contribution in [0.2, 0.25) is 0 Å². The van der Waals surface area contributed by atoms with Gasteiger partial charge in [-0.1, -0.05) is 0 Å². The van der Waals surface area contributed by atoms with Crippen molar-refractivity contribution in [3.8, 4) is 17.4 Å². The molecule has 2 saturated heterocycles. The van der Waals surface area contributed by atoms with Crippen molar-refractivity contribution in [2.75, 3.05) is 56.3 Å². The number of hydrogen-bond donors (Lipinski definition) is 2. The second-order valence-electron chi connectivity index (χ2n) is 8.98. The number of anilines is 2. The van der Waals surface area contributed by atoms with Crippen molar-refractivity contribution in [1.82, 2.24) is 15.3 Å². The quantitative estimate of drug-likeness (QED) is 0.524. The maximum absolute atomic E-state index is 12.6. The number of ether oxygens (including phenoxy) is 4. The predicted octanol–water partition coefficient (Wildman–Crippen LogP) is 1.57. The molecule has 1 aromatic carbocycles. The summed E-state index contributed by atoms with van der Waals surface area (Å²) in [6, 6.07) is 10.8. The third-order valence-electron chi connectivity index (χ3n) is 6.70. The molecule has 5 heterocycles. The van der Waals surface area contributed by atoms with Crippen LogP contribution < -0.4 is 29.3 Å². The molecule has 2 aromatic heterocycles. The van der Waals surface area contributed by atoms with E-state index in [-0.39, 0.29) is 12.1 Å². The van der Waals surface area contributed by atoms with Gasteiger partial charge in [0, 0.05) is 38.0 Å². The molecule has 11 nitrogen and oxygen atoms in total. The normalized spacial score (nSPS) is 23.3. The van der Waals surface area contributed by atoms with Crippen LogP contribution in [-0.4, -0.2) is 85.9 Å². The van der Waals surface area contributed by atoms with E-state index in [0.29, 0.717) is 62.5 Å². The summed E-state index contributed by atoms with van der Waals surface area (Å²) in [6.45, 7) is 2.84. The highest BCUT2D eigenvalue weighted by molar-refractivity contribution is 5.90. The Bertz CT molecular complexity index is 1290. The van der Waals surface area contributed by atoms with Crippen LogP contribution in [0.5, 0.6) is 17.4 Å². The molecule has 0 spiro atoms. The number of cyclic esters (lactones) is 1. The molecule has 3 aromatic rings. The molecule has 1 amide bonds. The Labute approximate surface area is 207 Å². The number of aliphatic hydroxyl groups is 1. The number of rotatable bonds is 6. The lowest BCUT2D eigenvalue weighted by molar-refractivity contribution is 0.126. The van der Waals surface area contributed by atoms with Gasteiger partial charge in [0.25, 0.3) is 0 Å². The van der Waals surface area contributed by atoms with E-state index >= 15 is 0 Å². The third-order valence-corrected chi connectivity index (χ3v) is 6.70. The fourth-order valence-electron chi connectivity index (χ4n) is 4.87. The first-order valence-corrected chi connectivity index (χ1v) is 11.9. The van der Waals surface area contributed by atoms with Crippen molar-refractivity contribution in [2.24, 2.45) is 0 Å². The van der Waals surface area contributed by atoms with Crippen molar-refractivity contribution in [3.05, 3.63) is 42.6 Å². The van der Waals surface area contributed by atoms with E-state index < -0.39 is 12.2 Å². The summed E-state index contributed by atoms with van der Waals surface area (Å²) in [5, 5.41) is 14.1. The highest BCUT2D eigenvalue weighted by Gasteiger charge is 2.36. The molecular weight excluding hydrogens is 466 g/mol. The molecule has 36 heavy (non-hydrogen) atoms. The minimum Gasteiger partial charge on any atom is -0.486 e. The minimum absolute atomic E-state index is 0.194. The largest absolute Gasteiger partial charge is 0.486 e. The van der Waals surface area contributed by atoms with Gasteiger partial charge in [0.15, 0.2) is 11.5 Å². The zero-order valence-corrected chi connectivity index (χ0v) is 19.8. The van der Waals surface area contributed by atoms with Crippen LogP contribution in [0.4, 0.5) is 16.2 Å². The number of nitrogens with one attached hydrogen (secondary N) is 1. The van der Waals surface area contributed by atoms with Crippen molar-refractivity contribution in [1.29, 1.82) is 0 Å². The van der Waals surface area contributed by atoms with Gasteiger partial charge < -0.3 is 34.3 Å². The zero-order valence-electron chi connectivity index (χ0n) is 19.8. The van der Waals surface area contributed by atoms with Gasteiger partial charge in [-0.25, -0.2) is 9.78 Å². The number of carbonyl (C=O) groups excluding carboxylic acids is 1. The Morgan fingerprint density at radius 1 is 1.11 bits per heavy atom. The van der Waals surface area contributed by atoms with E-state index in [0.717, 1.165) is 16.7 Å². The molecule has 188 valence electrons. The van der Waals surface area contributed by atoms with Gasteiger partial charge >= 0.3 is 6.09 Å². The summed E-state index contributed by atoms with van der Waals surface area (Å²) < 4.78 is 22.1. The van der Waals surface area contributed by atoms with Gasteiger partial charge in [-0.15, -0.1) is 0 Å². The Morgan fingerprint density at radius 2 is 1.97 bits per heavy atom. The van der Waals surface area contributed by atoms with Crippen molar-refractivity contribution >= 4 is 28.5 Å².